The van der Waals surface area contributed by atoms with Crippen LogP contribution >= 0.6 is 0 Å². The van der Waals surface area contributed by atoms with Gasteiger partial charge in [-0.05, 0) is 57.9 Å². The molecule has 0 radical (unpaired) electrons. The number of hydrogen-bond acceptors (Lipinski definition) is 4. The number of nitrogens with two attached hydrogens (primary N) is 1. The third kappa shape index (κ3) is 4.76. The maximum absolute atomic E-state index is 13.0. The van der Waals surface area contributed by atoms with Gasteiger partial charge in [0.2, 0.25) is 0 Å². The molecule has 1 aliphatic rings. The number of ether oxygens (including phenoxy) is 1. The van der Waals surface area contributed by atoms with Crippen LogP contribution in [0.15, 0.2) is 30.5 Å². The van der Waals surface area contributed by atoms with E-state index in [1.54, 1.807) is 6.20 Å². The summed E-state index contributed by atoms with van der Waals surface area (Å²) >= 11 is 0. The Labute approximate surface area is 161 Å². The van der Waals surface area contributed by atoms with Crippen LogP contribution in [0.1, 0.15) is 46.7 Å². The predicted molar refractivity (Wildman–Crippen MR) is 106 cm³/mol. The maximum Gasteiger partial charge on any atom is 0.255 e. The van der Waals surface area contributed by atoms with Crippen LogP contribution in [-0.2, 0) is 11.3 Å². The molecule has 6 nitrogen and oxygen atoms in total. The van der Waals surface area contributed by atoms with Gasteiger partial charge < -0.3 is 19.9 Å². The molecule has 6 heteroatoms. The number of nitrogens with zero attached hydrogens (tertiary/aromatic N) is 3. The molecule has 3 rings (SSSR count). The molecule has 1 amide bonds. The Morgan fingerprint density at radius 3 is 2.74 bits per heavy atom. The van der Waals surface area contributed by atoms with E-state index in [0.717, 1.165) is 55.0 Å². The molecule has 0 aliphatic carbocycles. The van der Waals surface area contributed by atoms with Crippen molar-refractivity contribution < 1.29 is 9.53 Å². The van der Waals surface area contributed by atoms with E-state index in [4.69, 9.17) is 10.5 Å². The van der Waals surface area contributed by atoms with Crippen LogP contribution in [0.5, 0.6) is 0 Å². The summed E-state index contributed by atoms with van der Waals surface area (Å²) in [6, 6.07) is 7.92. The Bertz CT molecular complexity index is 749. The van der Waals surface area contributed by atoms with Crippen LogP contribution < -0.4 is 5.73 Å². The summed E-state index contributed by atoms with van der Waals surface area (Å²) in [5.74, 6) is 0.121. The van der Waals surface area contributed by atoms with Gasteiger partial charge in [-0.1, -0.05) is 6.07 Å². The summed E-state index contributed by atoms with van der Waals surface area (Å²) in [7, 11) is 0. The lowest BCUT2D eigenvalue weighted by atomic mass is 10.1. The van der Waals surface area contributed by atoms with E-state index in [1.165, 1.54) is 0 Å². The highest BCUT2D eigenvalue weighted by atomic mass is 16.5. The summed E-state index contributed by atoms with van der Waals surface area (Å²) in [5.41, 5.74) is 9.39. The number of aromatic nitrogens is 2. The van der Waals surface area contributed by atoms with Gasteiger partial charge in [0.15, 0.2) is 0 Å². The van der Waals surface area contributed by atoms with Crippen molar-refractivity contribution in [1.29, 1.82) is 0 Å². The Morgan fingerprint density at radius 1 is 1.30 bits per heavy atom. The van der Waals surface area contributed by atoms with Crippen molar-refractivity contribution in [1.82, 2.24) is 14.5 Å². The number of rotatable bonds is 7. The molecule has 27 heavy (non-hydrogen) atoms. The standard InChI is InChI=1S/C21H30N4O2/c1-16-14-20(17(2)25(16)15-18-6-3-4-10-23-18)21(26)24-11-7-19(8-12-24)27-13-5-9-22/h3-4,6,10,14,19H,5,7-9,11-13,15,22H2,1-2H3. The Kier molecular flexibility index (Phi) is 6.63. The second kappa shape index (κ2) is 9.15. The van der Waals surface area contributed by atoms with E-state index < -0.39 is 0 Å². The number of aryl methyl sites for hydroxylation is 1. The van der Waals surface area contributed by atoms with Crippen molar-refractivity contribution >= 4 is 5.91 Å². The highest BCUT2D eigenvalue weighted by Crippen LogP contribution is 2.21. The van der Waals surface area contributed by atoms with Crippen LogP contribution in [0.25, 0.3) is 0 Å². The number of amides is 1. The normalized spacial score (nSPS) is 15.3. The smallest absolute Gasteiger partial charge is 0.255 e. The summed E-state index contributed by atoms with van der Waals surface area (Å²) in [6.07, 6.45) is 4.72. The van der Waals surface area contributed by atoms with Crippen molar-refractivity contribution in [3.8, 4) is 0 Å². The lowest BCUT2D eigenvalue weighted by Gasteiger charge is -2.32. The van der Waals surface area contributed by atoms with Gasteiger partial charge >= 0.3 is 0 Å². The van der Waals surface area contributed by atoms with Crippen LogP contribution in [0, 0.1) is 13.8 Å². The zero-order valence-electron chi connectivity index (χ0n) is 16.4. The van der Waals surface area contributed by atoms with E-state index in [2.05, 4.69) is 9.55 Å². The highest BCUT2D eigenvalue weighted by Gasteiger charge is 2.26. The van der Waals surface area contributed by atoms with Crippen LogP contribution in [-0.4, -0.2) is 52.7 Å². The molecule has 0 unspecified atom stereocenters. The van der Waals surface area contributed by atoms with Gasteiger partial charge in [-0.15, -0.1) is 0 Å². The minimum absolute atomic E-state index is 0.121. The molecule has 0 saturated carbocycles. The zero-order chi connectivity index (χ0) is 19.2. The molecule has 2 aromatic rings. The van der Waals surface area contributed by atoms with E-state index in [9.17, 15) is 4.79 Å². The number of carbonyl (C=O) groups excluding carboxylic acids is 1. The summed E-state index contributed by atoms with van der Waals surface area (Å²) in [5, 5.41) is 0. The quantitative estimate of drug-likeness (QED) is 0.760. The number of likely N-dealkylation sites (tertiary alicyclic amines) is 1. The SMILES string of the molecule is Cc1cc(C(=O)N2CCC(OCCCN)CC2)c(C)n1Cc1ccccn1. The van der Waals surface area contributed by atoms with Crippen LogP contribution in [0.3, 0.4) is 0 Å². The number of carbonyl (C=O) groups is 1. The molecule has 0 atom stereocenters. The van der Waals surface area contributed by atoms with E-state index in [0.29, 0.717) is 19.7 Å². The fourth-order valence-electron chi connectivity index (χ4n) is 3.64. The van der Waals surface area contributed by atoms with Crippen molar-refractivity contribution in [2.75, 3.05) is 26.2 Å². The Morgan fingerprint density at radius 2 is 2.07 bits per heavy atom. The number of hydrogen-bond donors (Lipinski definition) is 1. The minimum atomic E-state index is 0.121. The van der Waals surface area contributed by atoms with E-state index >= 15 is 0 Å². The molecule has 0 bridgehead atoms. The third-order valence-electron chi connectivity index (χ3n) is 5.28. The molecular weight excluding hydrogens is 340 g/mol. The average Bonchev–Trinajstić information content (AvgIpc) is 2.97. The van der Waals surface area contributed by atoms with Crippen molar-refractivity contribution in [2.45, 2.75) is 45.8 Å². The second-order valence-electron chi connectivity index (χ2n) is 7.20. The van der Waals surface area contributed by atoms with Gasteiger partial charge in [-0.25, -0.2) is 0 Å². The zero-order valence-corrected chi connectivity index (χ0v) is 16.4. The van der Waals surface area contributed by atoms with Gasteiger partial charge in [0.05, 0.1) is 23.9 Å². The molecule has 3 heterocycles. The first-order valence-electron chi connectivity index (χ1n) is 9.77. The largest absolute Gasteiger partial charge is 0.378 e. The molecule has 2 aromatic heterocycles. The van der Waals surface area contributed by atoms with Gasteiger partial charge in [-0.3, -0.25) is 9.78 Å². The number of pyridine rings is 1. The van der Waals surface area contributed by atoms with Crippen molar-refractivity contribution in [3.05, 3.63) is 53.1 Å². The Hall–Kier alpha value is -2.18. The molecule has 1 aliphatic heterocycles. The molecule has 1 saturated heterocycles. The average molecular weight is 370 g/mol. The maximum atomic E-state index is 13.0. The third-order valence-corrected chi connectivity index (χ3v) is 5.28. The van der Waals surface area contributed by atoms with E-state index in [-0.39, 0.29) is 12.0 Å². The minimum Gasteiger partial charge on any atom is -0.378 e. The predicted octanol–water partition coefficient (Wildman–Crippen LogP) is 2.52. The summed E-state index contributed by atoms with van der Waals surface area (Å²) in [4.78, 5) is 19.4. The second-order valence-corrected chi connectivity index (χ2v) is 7.20. The monoisotopic (exact) mass is 370 g/mol. The van der Waals surface area contributed by atoms with Gasteiger partial charge in [0, 0.05) is 37.3 Å². The molecular formula is C21H30N4O2. The van der Waals surface area contributed by atoms with Crippen molar-refractivity contribution in [2.24, 2.45) is 5.73 Å². The topological polar surface area (TPSA) is 73.4 Å². The van der Waals surface area contributed by atoms with Crippen LogP contribution in [0.4, 0.5) is 0 Å². The fourth-order valence-corrected chi connectivity index (χ4v) is 3.64. The van der Waals surface area contributed by atoms with E-state index in [1.807, 2.05) is 43.0 Å². The first kappa shape index (κ1) is 19.6. The molecule has 0 spiro atoms. The highest BCUT2D eigenvalue weighted by molar-refractivity contribution is 5.95. The van der Waals surface area contributed by atoms with Crippen molar-refractivity contribution in [3.63, 3.8) is 0 Å². The molecule has 1 fully saturated rings. The van der Waals surface area contributed by atoms with Gasteiger partial charge in [-0.2, -0.15) is 0 Å². The van der Waals surface area contributed by atoms with Gasteiger partial charge in [0.1, 0.15) is 0 Å². The lowest BCUT2D eigenvalue weighted by Crippen LogP contribution is -2.41. The Balaban J connectivity index is 1.63. The first-order chi connectivity index (χ1) is 13.1. The summed E-state index contributed by atoms with van der Waals surface area (Å²) in [6.45, 7) is 7.61. The molecule has 0 aromatic carbocycles. The molecule has 146 valence electrons. The summed E-state index contributed by atoms with van der Waals surface area (Å²) < 4.78 is 8.01. The fraction of sp³-hybridized carbons (Fsp3) is 0.524. The first-order valence-corrected chi connectivity index (χ1v) is 9.77. The van der Waals surface area contributed by atoms with Gasteiger partial charge in [0.25, 0.3) is 5.91 Å². The lowest BCUT2D eigenvalue weighted by molar-refractivity contribution is 0.00843. The number of piperidine rings is 1. The molecule has 2 N–H and O–H groups in total. The van der Waals surface area contributed by atoms with Crippen LogP contribution in [0.2, 0.25) is 0 Å².